The molecule has 4 heterocycles. The van der Waals surface area contributed by atoms with Crippen molar-refractivity contribution >= 4 is 11.4 Å². The largest absolute Gasteiger partial charge is 0.387 e. The average molecular weight is 529 g/mol. The number of hydrogen-bond donors (Lipinski definition) is 8. The Balaban J connectivity index is 0.856. The number of ether oxygens (including phenoxy) is 1. The van der Waals surface area contributed by atoms with Crippen LogP contribution in [0.15, 0.2) is 18.2 Å². The molecule has 0 spiro atoms. The van der Waals surface area contributed by atoms with Crippen molar-refractivity contribution in [3.05, 3.63) is 23.8 Å². The Labute approximate surface area is 224 Å². The fraction of sp³-hybridized carbons (Fsp3) is 0.778. The quantitative estimate of drug-likeness (QED) is 0.225. The van der Waals surface area contributed by atoms with Crippen LogP contribution in [0.5, 0.6) is 0 Å². The maximum Gasteiger partial charge on any atom is 0.142 e. The van der Waals surface area contributed by atoms with E-state index in [4.69, 9.17) is 10.5 Å². The summed E-state index contributed by atoms with van der Waals surface area (Å²) in [4.78, 5) is 4.36. The van der Waals surface area contributed by atoms with Gasteiger partial charge in [-0.1, -0.05) is 6.07 Å². The summed E-state index contributed by atoms with van der Waals surface area (Å²) in [5.74, 6) is 1.51. The normalized spacial score (nSPS) is 42.4. The molecule has 38 heavy (non-hydrogen) atoms. The van der Waals surface area contributed by atoms with E-state index < -0.39 is 24.5 Å². The number of aliphatic hydroxyl groups excluding tert-OH is 2. The first-order valence-electron chi connectivity index (χ1n) is 14.5. The third-order valence-electron chi connectivity index (χ3n) is 9.82. The van der Waals surface area contributed by atoms with E-state index >= 15 is 0 Å². The fourth-order valence-corrected chi connectivity index (χ4v) is 7.17. The van der Waals surface area contributed by atoms with Gasteiger partial charge in [0.2, 0.25) is 0 Å². The van der Waals surface area contributed by atoms with E-state index in [1.165, 1.54) is 49.0 Å². The predicted octanol–water partition coefficient (Wildman–Crippen LogP) is -0.343. The second kappa shape index (κ2) is 10.1. The van der Waals surface area contributed by atoms with E-state index in [0.29, 0.717) is 32.1 Å². The Hall–Kier alpha value is -1.54. The molecule has 9 N–H and O–H groups in total. The van der Waals surface area contributed by atoms with Crippen LogP contribution in [0.2, 0.25) is 0 Å². The summed E-state index contributed by atoms with van der Waals surface area (Å²) in [6.45, 7) is 1.76. The van der Waals surface area contributed by atoms with Crippen molar-refractivity contribution in [2.75, 3.05) is 37.6 Å². The molecule has 0 bridgehead atoms. The van der Waals surface area contributed by atoms with Crippen molar-refractivity contribution in [3.63, 3.8) is 0 Å². The van der Waals surface area contributed by atoms with Gasteiger partial charge in [-0.25, -0.2) is 4.90 Å². The highest BCUT2D eigenvalue weighted by molar-refractivity contribution is 5.75. The monoisotopic (exact) mass is 528 g/mol. The third kappa shape index (κ3) is 4.71. The first-order chi connectivity index (χ1) is 18.4. The van der Waals surface area contributed by atoms with Crippen LogP contribution in [0.4, 0.5) is 11.4 Å². The molecule has 1 aromatic carbocycles. The van der Waals surface area contributed by atoms with E-state index in [9.17, 15) is 10.2 Å². The second-order valence-electron chi connectivity index (χ2n) is 12.4. The SMILES string of the molecule is CN(CC1OC(N2CNC3C(N)NCNC32)C(O)C1O)C1CC(CCC2Nc3ccc(C4CC4)cc3N2)C1. The molecule has 2 saturated carbocycles. The first-order valence-corrected chi connectivity index (χ1v) is 14.5. The lowest BCUT2D eigenvalue weighted by molar-refractivity contribution is -0.108. The summed E-state index contributed by atoms with van der Waals surface area (Å²) in [7, 11) is 2.12. The van der Waals surface area contributed by atoms with Crippen molar-refractivity contribution in [3.8, 4) is 0 Å². The molecule has 3 saturated heterocycles. The van der Waals surface area contributed by atoms with Gasteiger partial charge in [-0.2, -0.15) is 0 Å². The average Bonchev–Trinajstić information content (AvgIpc) is 3.42. The molecule has 5 fully saturated rings. The third-order valence-corrected chi connectivity index (χ3v) is 9.82. The van der Waals surface area contributed by atoms with Crippen LogP contribution in [0, 0.1) is 5.92 Å². The molecular formula is C27H44N8O3. The van der Waals surface area contributed by atoms with Gasteiger partial charge in [-0.15, -0.1) is 0 Å². The molecule has 6 aliphatic rings. The number of nitrogens with two attached hydrogens (primary N) is 1. The summed E-state index contributed by atoms with van der Waals surface area (Å²) in [5, 5.41) is 39.0. The minimum absolute atomic E-state index is 0.0225. The Bertz CT molecular complexity index is 1010. The van der Waals surface area contributed by atoms with Gasteiger partial charge in [0, 0.05) is 19.3 Å². The van der Waals surface area contributed by atoms with Gasteiger partial charge in [0.15, 0.2) is 0 Å². The van der Waals surface area contributed by atoms with E-state index in [0.717, 1.165) is 18.3 Å². The van der Waals surface area contributed by atoms with Crippen LogP contribution in [0.25, 0.3) is 0 Å². The van der Waals surface area contributed by atoms with Gasteiger partial charge in [0.25, 0.3) is 0 Å². The summed E-state index contributed by atoms with van der Waals surface area (Å²) in [6, 6.07) is 7.38. The lowest BCUT2D eigenvalue weighted by Gasteiger charge is -2.42. The predicted molar refractivity (Wildman–Crippen MR) is 145 cm³/mol. The van der Waals surface area contributed by atoms with Gasteiger partial charge in [0.1, 0.15) is 24.5 Å². The molecule has 2 aliphatic carbocycles. The van der Waals surface area contributed by atoms with E-state index in [1.807, 2.05) is 0 Å². The maximum absolute atomic E-state index is 10.8. The van der Waals surface area contributed by atoms with Gasteiger partial charge < -0.3 is 36.2 Å². The van der Waals surface area contributed by atoms with Crippen LogP contribution in [-0.4, -0.2) is 102 Å². The standard InChI is InChI=1S/C27H44N8O3/c1-34(11-20-23(36)24(37)27(38-20)35-13-31-22-25(28)29-12-30-26(22)35)17-8-14(9-17)2-7-21-32-18-6-5-16(15-3-4-15)10-19(18)33-21/h5-6,10,14-15,17,20-27,29-33,36-37H,2-4,7-9,11-13,28H2,1H3. The fourth-order valence-electron chi connectivity index (χ4n) is 7.17. The number of rotatable bonds is 8. The van der Waals surface area contributed by atoms with Crippen LogP contribution < -0.4 is 32.3 Å². The van der Waals surface area contributed by atoms with E-state index in [1.54, 1.807) is 0 Å². The highest BCUT2D eigenvalue weighted by Crippen LogP contribution is 2.43. The molecule has 0 amide bonds. The second-order valence-corrected chi connectivity index (χ2v) is 12.4. The van der Waals surface area contributed by atoms with Gasteiger partial charge in [0.05, 0.1) is 42.6 Å². The molecule has 8 unspecified atom stereocenters. The minimum Gasteiger partial charge on any atom is -0.387 e. The number of nitrogens with zero attached hydrogens (tertiary/aromatic N) is 2. The molecule has 11 nitrogen and oxygen atoms in total. The van der Waals surface area contributed by atoms with E-state index in [2.05, 4.69) is 61.6 Å². The number of aliphatic hydroxyl groups is 2. The summed E-state index contributed by atoms with van der Waals surface area (Å²) in [5.41, 5.74) is 10.2. The van der Waals surface area contributed by atoms with E-state index in [-0.39, 0.29) is 18.4 Å². The molecule has 7 rings (SSSR count). The highest BCUT2D eigenvalue weighted by Gasteiger charge is 2.52. The molecule has 0 radical (unpaired) electrons. The van der Waals surface area contributed by atoms with Gasteiger partial charge in [-0.05, 0) is 75.1 Å². The Morgan fingerprint density at radius 1 is 1.05 bits per heavy atom. The first kappa shape index (κ1) is 25.4. The molecule has 8 atom stereocenters. The van der Waals surface area contributed by atoms with Crippen LogP contribution in [0.1, 0.15) is 50.0 Å². The molecular weight excluding hydrogens is 484 g/mol. The molecule has 11 heteroatoms. The Morgan fingerprint density at radius 3 is 2.68 bits per heavy atom. The number of likely N-dealkylation sites (N-methyl/N-ethyl adjacent to an activating group) is 1. The summed E-state index contributed by atoms with van der Waals surface area (Å²) >= 11 is 0. The zero-order valence-corrected chi connectivity index (χ0v) is 22.2. The van der Waals surface area contributed by atoms with Crippen LogP contribution in [-0.2, 0) is 4.74 Å². The molecule has 210 valence electrons. The maximum atomic E-state index is 10.8. The lowest BCUT2D eigenvalue weighted by Crippen LogP contribution is -2.68. The van der Waals surface area contributed by atoms with Crippen molar-refractivity contribution in [1.82, 2.24) is 25.8 Å². The van der Waals surface area contributed by atoms with Gasteiger partial charge in [-0.3, -0.25) is 16.0 Å². The van der Waals surface area contributed by atoms with Crippen LogP contribution >= 0.6 is 0 Å². The van der Waals surface area contributed by atoms with Crippen molar-refractivity contribution in [1.29, 1.82) is 0 Å². The van der Waals surface area contributed by atoms with Crippen molar-refractivity contribution < 1.29 is 14.9 Å². The Morgan fingerprint density at radius 2 is 1.87 bits per heavy atom. The topological polar surface area (TPSA) is 142 Å². The van der Waals surface area contributed by atoms with Crippen molar-refractivity contribution in [2.24, 2.45) is 11.7 Å². The number of benzene rings is 1. The smallest absolute Gasteiger partial charge is 0.142 e. The number of hydrogen-bond acceptors (Lipinski definition) is 11. The minimum atomic E-state index is -0.952. The number of nitrogens with one attached hydrogen (secondary N) is 5. The Kier molecular flexibility index (Phi) is 6.78. The summed E-state index contributed by atoms with van der Waals surface area (Å²) < 4.78 is 6.27. The molecule has 0 aromatic heterocycles. The molecule has 1 aromatic rings. The lowest BCUT2D eigenvalue weighted by atomic mass is 9.76. The van der Waals surface area contributed by atoms with Crippen LogP contribution in [0.3, 0.4) is 0 Å². The number of fused-ring (bicyclic) bond motifs is 2. The van der Waals surface area contributed by atoms with Gasteiger partial charge >= 0.3 is 0 Å². The zero-order valence-electron chi connectivity index (χ0n) is 22.2. The molecule has 4 aliphatic heterocycles. The highest BCUT2D eigenvalue weighted by atomic mass is 16.6. The summed E-state index contributed by atoms with van der Waals surface area (Å²) in [6.07, 6.45) is 4.61. The zero-order chi connectivity index (χ0) is 26.0. The van der Waals surface area contributed by atoms with Crippen molar-refractivity contribution in [2.45, 2.75) is 99.6 Å². The number of anilines is 2.